The molecular weight excluding hydrogens is 378 g/mol. The van der Waals surface area contributed by atoms with Crippen molar-refractivity contribution in [3.63, 3.8) is 0 Å². The summed E-state index contributed by atoms with van der Waals surface area (Å²) in [4.78, 5) is 28.6. The Balaban J connectivity index is 1.35. The zero-order valence-electron chi connectivity index (χ0n) is 17.4. The summed E-state index contributed by atoms with van der Waals surface area (Å²) in [6.45, 7) is 5.98. The number of hydrogen-bond acceptors (Lipinski definition) is 4. The van der Waals surface area contributed by atoms with Gasteiger partial charge in [0.2, 0.25) is 11.8 Å². The van der Waals surface area contributed by atoms with Gasteiger partial charge >= 0.3 is 0 Å². The van der Waals surface area contributed by atoms with Gasteiger partial charge in [0.15, 0.2) is 0 Å². The van der Waals surface area contributed by atoms with Gasteiger partial charge in [-0.05, 0) is 24.6 Å². The van der Waals surface area contributed by atoms with Crippen LogP contribution in [0.3, 0.4) is 0 Å². The highest BCUT2D eigenvalue weighted by Crippen LogP contribution is 2.16. The molecular formula is C24H29N3O3. The minimum Gasteiger partial charge on any atom is -0.508 e. The van der Waals surface area contributed by atoms with E-state index in [-0.39, 0.29) is 30.4 Å². The van der Waals surface area contributed by atoms with Crippen LogP contribution in [0.2, 0.25) is 0 Å². The maximum Gasteiger partial charge on any atom is 0.224 e. The SMILES string of the molecule is Cc1ccc(/C=C/CN2CCN(C(=O)CCC(=O)Nc3cccc(O)c3)CC2)cc1. The van der Waals surface area contributed by atoms with Crippen LogP contribution < -0.4 is 5.32 Å². The molecule has 1 heterocycles. The van der Waals surface area contributed by atoms with Crippen molar-refractivity contribution >= 4 is 23.6 Å². The number of aromatic hydroxyl groups is 1. The molecule has 0 bridgehead atoms. The summed E-state index contributed by atoms with van der Waals surface area (Å²) in [5, 5.41) is 12.1. The molecule has 3 rings (SSSR count). The molecule has 2 aromatic rings. The fourth-order valence-electron chi connectivity index (χ4n) is 3.38. The Morgan fingerprint density at radius 1 is 1.03 bits per heavy atom. The molecule has 0 unspecified atom stereocenters. The number of nitrogens with one attached hydrogen (secondary N) is 1. The van der Waals surface area contributed by atoms with E-state index < -0.39 is 0 Å². The van der Waals surface area contributed by atoms with E-state index in [1.165, 1.54) is 23.3 Å². The van der Waals surface area contributed by atoms with E-state index in [0.29, 0.717) is 18.8 Å². The third kappa shape index (κ3) is 6.74. The molecule has 2 amide bonds. The fraction of sp³-hybridized carbons (Fsp3) is 0.333. The van der Waals surface area contributed by atoms with Crippen LogP contribution in [0.5, 0.6) is 5.75 Å². The van der Waals surface area contributed by atoms with E-state index in [1.54, 1.807) is 12.1 Å². The Morgan fingerprint density at radius 3 is 2.47 bits per heavy atom. The molecule has 6 heteroatoms. The number of carbonyl (C=O) groups excluding carboxylic acids is 2. The van der Waals surface area contributed by atoms with Crippen molar-refractivity contribution in [3.8, 4) is 5.75 Å². The summed E-state index contributed by atoms with van der Waals surface area (Å²) in [7, 11) is 0. The second-order valence-corrected chi connectivity index (χ2v) is 7.59. The standard InChI is InChI=1S/C24H29N3O3/c1-19-7-9-20(10-8-19)4-3-13-26-14-16-27(17-15-26)24(30)12-11-23(29)25-21-5-2-6-22(28)18-21/h2-10,18,28H,11-17H2,1H3,(H,25,29)/b4-3+. The molecule has 1 fully saturated rings. The predicted octanol–water partition coefficient (Wildman–Crippen LogP) is 3.28. The Kier molecular flexibility index (Phi) is 7.63. The molecule has 0 atom stereocenters. The lowest BCUT2D eigenvalue weighted by atomic mass is 10.1. The van der Waals surface area contributed by atoms with Crippen LogP contribution in [-0.4, -0.2) is 59.4 Å². The van der Waals surface area contributed by atoms with Crippen molar-refractivity contribution in [3.05, 3.63) is 65.7 Å². The van der Waals surface area contributed by atoms with Gasteiger partial charge in [-0.1, -0.05) is 48.0 Å². The van der Waals surface area contributed by atoms with Crippen molar-refractivity contribution in [1.82, 2.24) is 9.80 Å². The van der Waals surface area contributed by atoms with Crippen LogP contribution in [0, 0.1) is 6.92 Å². The van der Waals surface area contributed by atoms with E-state index in [4.69, 9.17) is 0 Å². The average Bonchev–Trinajstić information content (AvgIpc) is 2.74. The van der Waals surface area contributed by atoms with Gasteiger partial charge in [-0.3, -0.25) is 14.5 Å². The van der Waals surface area contributed by atoms with E-state index in [2.05, 4.69) is 53.6 Å². The van der Waals surface area contributed by atoms with Crippen molar-refractivity contribution in [2.75, 3.05) is 38.0 Å². The summed E-state index contributed by atoms with van der Waals surface area (Å²) < 4.78 is 0. The van der Waals surface area contributed by atoms with Crippen LogP contribution in [-0.2, 0) is 9.59 Å². The Morgan fingerprint density at radius 2 is 1.77 bits per heavy atom. The summed E-state index contributed by atoms with van der Waals surface area (Å²) >= 11 is 0. The fourth-order valence-corrected chi connectivity index (χ4v) is 3.38. The Bertz CT molecular complexity index is 885. The number of piperazine rings is 1. The van der Waals surface area contributed by atoms with Gasteiger partial charge < -0.3 is 15.3 Å². The molecule has 2 N–H and O–H groups in total. The lowest BCUT2D eigenvalue weighted by Gasteiger charge is -2.34. The maximum atomic E-state index is 12.4. The number of aryl methyl sites for hydroxylation is 1. The van der Waals surface area contributed by atoms with E-state index in [1.807, 2.05) is 4.90 Å². The number of benzene rings is 2. The molecule has 1 aliphatic heterocycles. The predicted molar refractivity (Wildman–Crippen MR) is 119 cm³/mol. The smallest absolute Gasteiger partial charge is 0.224 e. The third-order valence-corrected chi connectivity index (χ3v) is 5.17. The van der Waals surface area contributed by atoms with E-state index in [9.17, 15) is 14.7 Å². The number of carbonyl (C=O) groups is 2. The molecule has 158 valence electrons. The van der Waals surface area contributed by atoms with E-state index >= 15 is 0 Å². The second kappa shape index (κ2) is 10.6. The molecule has 0 saturated carbocycles. The number of amides is 2. The zero-order chi connectivity index (χ0) is 21.3. The number of rotatable bonds is 7. The maximum absolute atomic E-state index is 12.4. The quantitative estimate of drug-likeness (QED) is 0.739. The number of phenols is 1. The second-order valence-electron chi connectivity index (χ2n) is 7.59. The van der Waals surface area contributed by atoms with Crippen LogP contribution in [0.15, 0.2) is 54.6 Å². The summed E-state index contributed by atoms with van der Waals surface area (Å²) in [5.41, 5.74) is 2.97. The summed E-state index contributed by atoms with van der Waals surface area (Å²) in [5.74, 6) is -0.125. The van der Waals surface area contributed by atoms with Gasteiger partial charge in [0.1, 0.15) is 5.75 Å². The Hall–Kier alpha value is -3.12. The van der Waals surface area contributed by atoms with Crippen LogP contribution in [0.1, 0.15) is 24.0 Å². The summed E-state index contributed by atoms with van der Waals surface area (Å²) in [6, 6.07) is 14.8. The molecule has 1 aliphatic rings. The van der Waals surface area contributed by atoms with E-state index in [0.717, 1.165) is 19.6 Å². The third-order valence-electron chi connectivity index (χ3n) is 5.17. The molecule has 0 aromatic heterocycles. The van der Waals surface area contributed by atoms with Crippen LogP contribution in [0.4, 0.5) is 5.69 Å². The van der Waals surface area contributed by atoms with Gasteiger partial charge in [-0.15, -0.1) is 0 Å². The Labute approximate surface area is 177 Å². The topological polar surface area (TPSA) is 72.9 Å². The number of anilines is 1. The largest absolute Gasteiger partial charge is 0.508 e. The van der Waals surface area contributed by atoms with Gasteiger partial charge in [0, 0.05) is 57.3 Å². The van der Waals surface area contributed by atoms with Crippen molar-refractivity contribution < 1.29 is 14.7 Å². The van der Waals surface area contributed by atoms with Crippen LogP contribution in [0.25, 0.3) is 6.08 Å². The van der Waals surface area contributed by atoms with Crippen LogP contribution >= 0.6 is 0 Å². The van der Waals surface area contributed by atoms with Crippen molar-refractivity contribution in [2.24, 2.45) is 0 Å². The van der Waals surface area contributed by atoms with Gasteiger partial charge in [0.05, 0.1) is 0 Å². The molecule has 1 saturated heterocycles. The molecule has 0 radical (unpaired) electrons. The van der Waals surface area contributed by atoms with Gasteiger partial charge in [-0.2, -0.15) is 0 Å². The first-order chi connectivity index (χ1) is 14.5. The first kappa shape index (κ1) is 21.6. The normalized spacial score (nSPS) is 14.8. The minimum atomic E-state index is -0.228. The lowest BCUT2D eigenvalue weighted by Crippen LogP contribution is -2.48. The zero-order valence-corrected chi connectivity index (χ0v) is 17.4. The molecule has 0 spiro atoms. The van der Waals surface area contributed by atoms with Gasteiger partial charge in [0.25, 0.3) is 0 Å². The number of phenolic OH excluding ortho intramolecular Hbond substituents is 1. The molecule has 6 nitrogen and oxygen atoms in total. The highest BCUT2D eigenvalue weighted by Gasteiger charge is 2.20. The molecule has 0 aliphatic carbocycles. The monoisotopic (exact) mass is 407 g/mol. The molecule has 2 aromatic carbocycles. The highest BCUT2D eigenvalue weighted by molar-refractivity contribution is 5.93. The number of nitrogens with zero attached hydrogens (tertiary/aromatic N) is 2. The van der Waals surface area contributed by atoms with Crippen molar-refractivity contribution in [2.45, 2.75) is 19.8 Å². The lowest BCUT2D eigenvalue weighted by molar-refractivity contribution is -0.134. The first-order valence-electron chi connectivity index (χ1n) is 10.3. The van der Waals surface area contributed by atoms with Crippen molar-refractivity contribution in [1.29, 1.82) is 0 Å². The first-order valence-corrected chi connectivity index (χ1v) is 10.3. The number of hydrogen-bond donors (Lipinski definition) is 2. The minimum absolute atomic E-state index is 0.0101. The summed E-state index contributed by atoms with van der Waals surface area (Å²) in [6.07, 6.45) is 4.61. The highest BCUT2D eigenvalue weighted by atomic mass is 16.3. The van der Waals surface area contributed by atoms with Gasteiger partial charge in [-0.25, -0.2) is 0 Å². The average molecular weight is 408 g/mol. The molecule has 30 heavy (non-hydrogen) atoms.